The number of ketones is 1. The SMILES string of the molecule is CC(C)=CC(=O)C/C=C(\C)C(=O)O[C@@H]1[C@H](O)c2c(ccc3ccc(=O)oc23)OC1(C)C. The summed E-state index contributed by atoms with van der Waals surface area (Å²) in [6.07, 6.45) is 0.720. The second kappa shape index (κ2) is 8.51. The van der Waals surface area contributed by atoms with Crippen molar-refractivity contribution in [2.75, 3.05) is 0 Å². The summed E-state index contributed by atoms with van der Waals surface area (Å²) < 4.78 is 16.9. The monoisotopic (exact) mass is 426 g/mol. The maximum absolute atomic E-state index is 12.7. The van der Waals surface area contributed by atoms with Crippen LogP contribution >= 0.6 is 0 Å². The van der Waals surface area contributed by atoms with Gasteiger partial charge in [0.2, 0.25) is 0 Å². The number of rotatable bonds is 5. The van der Waals surface area contributed by atoms with E-state index in [0.29, 0.717) is 11.1 Å². The van der Waals surface area contributed by atoms with Crippen molar-refractivity contribution in [1.29, 1.82) is 0 Å². The van der Waals surface area contributed by atoms with Gasteiger partial charge in [-0.25, -0.2) is 9.59 Å². The van der Waals surface area contributed by atoms with Crippen molar-refractivity contribution in [2.24, 2.45) is 0 Å². The van der Waals surface area contributed by atoms with Crippen LogP contribution in [0.2, 0.25) is 0 Å². The van der Waals surface area contributed by atoms with Gasteiger partial charge >= 0.3 is 11.6 Å². The lowest BCUT2D eigenvalue weighted by Gasteiger charge is -2.42. The molecule has 1 aliphatic heterocycles. The van der Waals surface area contributed by atoms with Gasteiger partial charge in [0.05, 0.1) is 5.56 Å². The summed E-state index contributed by atoms with van der Waals surface area (Å²) in [7, 11) is 0. The molecule has 0 amide bonds. The highest BCUT2D eigenvalue weighted by atomic mass is 16.6. The first-order chi connectivity index (χ1) is 14.5. The second-order valence-corrected chi connectivity index (χ2v) is 8.41. The van der Waals surface area contributed by atoms with E-state index in [-0.39, 0.29) is 28.9 Å². The molecule has 0 spiro atoms. The topological polar surface area (TPSA) is 103 Å². The number of allylic oxidation sites excluding steroid dienone is 3. The van der Waals surface area contributed by atoms with Gasteiger partial charge in [0, 0.05) is 23.4 Å². The third-order valence-corrected chi connectivity index (χ3v) is 5.04. The predicted molar refractivity (Wildman–Crippen MR) is 115 cm³/mol. The highest BCUT2D eigenvalue weighted by Crippen LogP contribution is 2.44. The summed E-state index contributed by atoms with van der Waals surface area (Å²) in [5.74, 6) is -0.439. The van der Waals surface area contributed by atoms with Crippen LogP contribution in [-0.2, 0) is 14.3 Å². The smallest absolute Gasteiger partial charge is 0.336 e. The number of esters is 1. The first-order valence-corrected chi connectivity index (χ1v) is 9.99. The number of fused-ring (bicyclic) bond motifs is 3. The minimum absolute atomic E-state index is 0.0673. The standard InChI is InChI=1S/C24H26O7/c1-13(2)12-16(25)9-6-14(3)23(28)30-22-20(27)19-17(31-24(22,4)5)10-7-15-8-11-18(26)29-21(15)19/h6-8,10-12,20,22,27H,9H2,1-5H3/b14-6+/t20-,22-/m1/s1. The minimum atomic E-state index is -1.28. The zero-order valence-electron chi connectivity index (χ0n) is 18.2. The molecule has 7 nitrogen and oxygen atoms in total. The van der Waals surface area contributed by atoms with E-state index in [1.54, 1.807) is 39.0 Å². The second-order valence-electron chi connectivity index (χ2n) is 8.41. The van der Waals surface area contributed by atoms with Gasteiger partial charge in [0.1, 0.15) is 23.0 Å². The molecule has 7 heteroatoms. The molecule has 0 aliphatic carbocycles. The van der Waals surface area contributed by atoms with Crippen molar-refractivity contribution < 1.29 is 28.6 Å². The van der Waals surface area contributed by atoms with Gasteiger partial charge in [0.15, 0.2) is 11.9 Å². The summed E-state index contributed by atoms with van der Waals surface area (Å²) in [6.45, 7) is 8.57. The number of benzene rings is 1. The molecule has 1 aliphatic rings. The Balaban J connectivity index is 1.89. The molecular weight excluding hydrogens is 400 g/mol. The molecule has 3 rings (SSSR count). The van der Waals surface area contributed by atoms with E-state index in [2.05, 4.69) is 0 Å². The maximum atomic E-state index is 12.7. The van der Waals surface area contributed by atoms with Gasteiger partial charge in [-0.05, 0) is 58.9 Å². The average molecular weight is 426 g/mol. The van der Waals surface area contributed by atoms with Crippen molar-refractivity contribution >= 4 is 22.7 Å². The highest BCUT2D eigenvalue weighted by Gasteiger charge is 2.47. The number of carbonyl (C=O) groups is 2. The number of carbonyl (C=O) groups excluding carboxylic acids is 2. The molecule has 1 aromatic heterocycles. The van der Waals surface area contributed by atoms with E-state index in [9.17, 15) is 19.5 Å². The molecule has 0 fully saturated rings. The predicted octanol–water partition coefficient (Wildman–Crippen LogP) is 3.78. The molecule has 164 valence electrons. The molecule has 2 heterocycles. The molecule has 1 N–H and O–H groups in total. The molecule has 1 aromatic carbocycles. The third kappa shape index (κ3) is 4.77. The number of ether oxygens (including phenoxy) is 2. The molecular formula is C24H26O7. The van der Waals surface area contributed by atoms with Crippen LogP contribution in [0.1, 0.15) is 52.7 Å². The Morgan fingerprint density at radius 3 is 2.52 bits per heavy atom. The summed E-state index contributed by atoms with van der Waals surface area (Å²) in [5.41, 5.74) is -0.0510. The van der Waals surface area contributed by atoms with Gasteiger partial charge in [-0.1, -0.05) is 11.6 Å². The fourth-order valence-electron chi connectivity index (χ4n) is 3.51. The van der Waals surface area contributed by atoms with Crippen molar-refractivity contribution in [2.45, 2.75) is 58.8 Å². The van der Waals surface area contributed by atoms with Gasteiger partial charge in [0.25, 0.3) is 0 Å². The van der Waals surface area contributed by atoms with Crippen molar-refractivity contribution in [3.05, 3.63) is 63.5 Å². The van der Waals surface area contributed by atoms with Gasteiger partial charge < -0.3 is 19.0 Å². The van der Waals surface area contributed by atoms with Gasteiger partial charge in [-0.2, -0.15) is 0 Å². The van der Waals surface area contributed by atoms with Gasteiger partial charge in [-0.3, -0.25) is 4.79 Å². The van der Waals surface area contributed by atoms with E-state index < -0.39 is 29.4 Å². The van der Waals surface area contributed by atoms with Crippen molar-refractivity contribution in [3.63, 3.8) is 0 Å². The quantitative estimate of drug-likeness (QED) is 0.441. The van der Waals surface area contributed by atoms with E-state index in [0.717, 1.165) is 5.57 Å². The zero-order valence-corrected chi connectivity index (χ0v) is 18.2. The Kier molecular flexibility index (Phi) is 6.18. The van der Waals surface area contributed by atoms with Gasteiger partial charge in [-0.15, -0.1) is 0 Å². The lowest BCUT2D eigenvalue weighted by atomic mass is 9.87. The van der Waals surface area contributed by atoms with Crippen LogP contribution in [0.25, 0.3) is 11.0 Å². The van der Waals surface area contributed by atoms with Crippen LogP contribution in [0, 0.1) is 0 Å². The summed E-state index contributed by atoms with van der Waals surface area (Å²) in [6, 6.07) is 6.28. The Bertz CT molecular complexity index is 1150. The average Bonchev–Trinajstić information content (AvgIpc) is 2.67. The lowest BCUT2D eigenvalue weighted by Crippen LogP contribution is -2.51. The lowest BCUT2D eigenvalue weighted by molar-refractivity contribution is -0.173. The molecule has 0 radical (unpaired) electrons. The molecule has 0 saturated carbocycles. The summed E-state index contributed by atoms with van der Waals surface area (Å²) >= 11 is 0. The molecule has 0 unspecified atom stereocenters. The van der Waals surface area contributed by atoms with Crippen LogP contribution in [-0.4, -0.2) is 28.6 Å². The minimum Gasteiger partial charge on any atom is -0.483 e. The zero-order chi connectivity index (χ0) is 22.9. The number of hydrogen-bond donors (Lipinski definition) is 1. The fourth-order valence-corrected chi connectivity index (χ4v) is 3.51. The number of hydrogen-bond acceptors (Lipinski definition) is 7. The van der Waals surface area contributed by atoms with E-state index >= 15 is 0 Å². The highest BCUT2D eigenvalue weighted by molar-refractivity contribution is 5.93. The Morgan fingerprint density at radius 1 is 1.16 bits per heavy atom. The molecule has 2 atom stereocenters. The summed E-state index contributed by atoms with van der Waals surface area (Å²) in [5, 5.41) is 11.7. The number of aliphatic hydroxyl groups is 1. The van der Waals surface area contributed by atoms with E-state index in [4.69, 9.17) is 13.9 Å². The first kappa shape index (κ1) is 22.5. The normalized spacial score (nSPS) is 19.9. The maximum Gasteiger partial charge on any atom is 0.336 e. The molecule has 0 bridgehead atoms. The first-order valence-electron chi connectivity index (χ1n) is 9.99. The van der Waals surface area contributed by atoms with E-state index in [1.165, 1.54) is 18.2 Å². The Morgan fingerprint density at radius 2 is 1.84 bits per heavy atom. The Labute approximate surface area is 180 Å². The van der Waals surface area contributed by atoms with Crippen molar-refractivity contribution in [3.8, 4) is 5.75 Å². The molecule has 0 saturated heterocycles. The van der Waals surface area contributed by atoms with Crippen molar-refractivity contribution in [1.82, 2.24) is 0 Å². The Hall–Kier alpha value is -3.19. The van der Waals surface area contributed by atoms with Crippen LogP contribution in [0.4, 0.5) is 0 Å². The van der Waals surface area contributed by atoms with Crippen LogP contribution < -0.4 is 10.4 Å². The molecule has 31 heavy (non-hydrogen) atoms. The van der Waals surface area contributed by atoms with Crippen LogP contribution in [0.15, 0.2) is 56.8 Å². The van der Waals surface area contributed by atoms with Crippen LogP contribution in [0.5, 0.6) is 5.75 Å². The fraction of sp³-hybridized carbons (Fsp3) is 0.375. The third-order valence-electron chi connectivity index (χ3n) is 5.04. The van der Waals surface area contributed by atoms with E-state index in [1.807, 2.05) is 13.8 Å². The largest absolute Gasteiger partial charge is 0.483 e. The number of aliphatic hydroxyl groups excluding tert-OH is 1. The molecule has 2 aromatic rings. The van der Waals surface area contributed by atoms with Crippen LogP contribution in [0.3, 0.4) is 0 Å². The summed E-state index contributed by atoms with van der Waals surface area (Å²) in [4.78, 5) is 36.2.